The van der Waals surface area contributed by atoms with Gasteiger partial charge >= 0.3 is 6.03 Å². The molecule has 0 aromatic heterocycles. The minimum absolute atomic E-state index is 0.0546. The average Bonchev–Trinajstić information content (AvgIpc) is 3.04. The van der Waals surface area contributed by atoms with Gasteiger partial charge in [0.2, 0.25) is 10.0 Å². The van der Waals surface area contributed by atoms with Gasteiger partial charge in [0.25, 0.3) is 0 Å². The molecule has 23 heavy (non-hydrogen) atoms. The number of hydrogen-bond donors (Lipinski definition) is 2. The Bertz CT molecular complexity index is 639. The molecule has 1 aromatic carbocycles. The zero-order valence-electron chi connectivity index (χ0n) is 13.4. The van der Waals surface area contributed by atoms with E-state index in [-0.39, 0.29) is 23.1 Å². The number of nitrogens with zero attached hydrogens (tertiary/aromatic N) is 1. The normalized spacial score (nSPS) is 19.3. The van der Waals surface area contributed by atoms with E-state index >= 15 is 0 Å². The van der Waals surface area contributed by atoms with E-state index in [9.17, 15) is 13.2 Å². The first kappa shape index (κ1) is 17.7. The van der Waals surface area contributed by atoms with Gasteiger partial charge in [0, 0.05) is 20.2 Å². The molecular formula is C15H23N3O4S. The minimum atomic E-state index is -3.71. The average molecular weight is 341 g/mol. The first-order valence-corrected chi connectivity index (χ1v) is 9.08. The predicted octanol–water partition coefficient (Wildman–Crippen LogP) is 1.22. The maximum atomic E-state index is 12.2. The Hall–Kier alpha value is -1.64. The van der Waals surface area contributed by atoms with E-state index in [2.05, 4.69) is 5.32 Å². The molecule has 128 valence electrons. The van der Waals surface area contributed by atoms with E-state index in [1.54, 1.807) is 24.1 Å². The van der Waals surface area contributed by atoms with Crippen LogP contribution in [0.2, 0.25) is 0 Å². The molecule has 3 N–H and O–H groups in total. The number of rotatable bonds is 5. The van der Waals surface area contributed by atoms with E-state index in [1.807, 2.05) is 6.92 Å². The second-order valence-electron chi connectivity index (χ2n) is 5.72. The van der Waals surface area contributed by atoms with Crippen molar-refractivity contribution in [3.05, 3.63) is 29.8 Å². The molecule has 1 saturated heterocycles. The third-order valence-electron chi connectivity index (χ3n) is 4.10. The lowest BCUT2D eigenvalue weighted by molar-refractivity contribution is 0.108. The van der Waals surface area contributed by atoms with Crippen molar-refractivity contribution in [3.8, 4) is 0 Å². The van der Waals surface area contributed by atoms with Crippen molar-refractivity contribution in [2.45, 2.75) is 36.8 Å². The van der Waals surface area contributed by atoms with Crippen LogP contribution >= 0.6 is 0 Å². The molecule has 2 atom stereocenters. The van der Waals surface area contributed by atoms with E-state index in [4.69, 9.17) is 9.88 Å². The summed E-state index contributed by atoms with van der Waals surface area (Å²) in [5, 5.41) is 7.93. The Morgan fingerprint density at radius 2 is 2.09 bits per heavy atom. The van der Waals surface area contributed by atoms with Crippen LogP contribution in [-0.4, -0.2) is 45.7 Å². The van der Waals surface area contributed by atoms with Gasteiger partial charge in [0.15, 0.2) is 0 Å². The van der Waals surface area contributed by atoms with Crippen molar-refractivity contribution in [3.63, 3.8) is 0 Å². The lowest BCUT2D eigenvalue weighted by Gasteiger charge is -2.26. The summed E-state index contributed by atoms with van der Waals surface area (Å²) in [6, 6.07) is 5.82. The highest BCUT2D eigenvalue weighted by atomic mass is 32.2. The molecule has 1 aliphatic rings. The Balaban J connectivity index is 1.95. The van der Waals surface area contributed by atoms with E-state index in [1.165, 1.54) is 12.1 Å². The zero-order chi connectivity index (χ0) is 17.0. The van der Waals surface area contributed by atoms with Gasteiger partial charge in [0.05, 0.1) is 17.0 Å². The SMILES string of the molecule is C[C@H](c1ccc(S(N)(=O)=O)cc1)N(C)C(=O)NC[C@H]1CCCO1. The van der Waals surface area contributed by atoms with Crippen LogP contribution in [0.3, 0.4) is 0 Å². The number of benzene rings is 1. The standard InChI is InChI=1S/C15H23N3O4S/c1-11(12-5-7-14(8-6-12)23(16,20)21)18(2)15(19)17-10-13-4-3-9-22-13/h5-8,11,13H,3-4,9-10H2,1-2H3,(H,17,19)(H2,16,20,21)/t11-,13-/m1/s1. The number of sulfonamides is 1. The van der Waals surface area contributed by atoms with E-state index < -0.39 is 10.0 Å². The second-order valence-corrected chi connectivity index (χ2v) is 7.28. The van der Waals surface area contributed by atoms with Crippen molar-refractivity contribution in [2.75, 3.05) is 20.2 Å². The van der Waals surface area contributed by atoms with Gasteiger partial charge in [-0.05, 0) is 37.5 Å². The summed E-state index contributed by atoms with van der Waals surface area (Å²) in [7, 11) is -2.01. The number of urea groups is 1. The van der Waals surface area contributed by atoms with Crippen LogP contribution in [-0.2, 0) is 14.8 Å². The smallest absolute Gasteiger partial charge is 0.317 e. The zero-order valence-corrected chi connectivity index (χ0v) is 14.2. The summed E-state index contributed by atoms with van der Waals surface area (Å²) >= 11 is 0. The molecule has 1 fully saturated rings. The minimum Gasteiger partial charge on any atom is -0.376 e. The van der Waals surface area contributed by atoms with Gasteiger partial charge in [-0.2, -0.15) is 0 Å². The maximum Gasteiger partial charge on any atom is 0.317 e. The van der Waals surface area contributed by atoms with E-state index in [0.717, 1.165) is 25.0 Å². The van der Waals surface area contributed by atoms with Crippen LogP contribution in [0.25, 0.3) is 0 Å². The number of carbonyl (C=O) groups is 1. The summed E-state index contributed by atoms with van der Waals surface area (Å²) in [4.78, 5) is 13.8. The van der Waals surface area contributed by atoms with Crippen LogP contribution in [0.5, 0.6) is 0 Å². The molecule has 2 rings (SSSR count). The molecule has 7 nitrogen and oxygen atoms in total. The lowest BCUT2D eigenvalue weighted by Crippen LogP contribution is -2.41. The molecule has 0 aliphatic carbocycles. The van der Waals surface area contributed by atoms with Crippen molar-refractivity contribution in [1.82, 2.24) is 10.2 Å². The molecule has 0 radical (unpaired) electrons. The Morgan fingerprint density at radius 3 is 2.61 bits per heavy atom. The van der Waals surface area contributed by atoms with Crippen LogP contribution in [0.1, 0.15) is 31.4 Å². The molecule has 1 aromatic rings. The predicted molar refractivity (Wildman–Crippen MR) is 86.4 cm³/mol. The summed E-state index contributed by atoms with van der Waals surface area (Å²) < 4.78 is 28.0. The fourth-order valence-corrected chi connectivity index (χ4v) is 2.98. The highest BCUT2D eigenvalue weighted by Crippen LogP contribution is 2.20. The van der Waals surface area contributed by atoms with Gasteiger partial charge in [-0.3, -0.25) is 0 Å². The summed E-state index contributed by atoms with van der Waals surface area (Å²) in [5.74, 6) is 0. The third-order valence-corrected chi connectivity index (χ3v) is 5.03. The molecule has 0 spiro atoms. The lowest BCUT2D eigenvalue weighted by atomic mass is 10.1. The number of ether oxygens (including phenoxy) is 1. The summed E-state index contributed by atoms with van der Waals surface area (Å²) in [6.07, 6.45) is 2.09. The molecule has 8 heteroatoms. The summed E-state index contributed by atoms with van der Waals surface area (Å²) in [5.41, 5.74) is 0.826. The molecule has 2 amide bonds. The molecule has 1 heterocycles. The van der Waals surface area contributed by atoms with Crippen LogP contribution in [0, 0.1) is 0 Å². The van der Waals surface area contributed by atoms with E-state index in [0.29, 0.717) is 6.54 Å². The Morgan fingerprint density at radius 1 is 1.43 bits per heavy atom. The molecular weight excluding hydrogens is 318 g/mol. The van der Waals surface area contributed by atoms with Gasteiger partial charge in [-0.25, -0.2) is 18.4 Å². The van der Waals surface area contributed by atoms with Gasteiger partial charge in [-0.1, -0.05) is 12.1 Å². The number of carbonyl (C=O) groups excluding carboxylic acids is 1. The number of nitrogens with two attached hydrogens (primary N) is 1. The maximum absolute atomic E-state index is 12.2. The number of primary sulfonamides is 1. The fraction of sp³-hybridized carbons (Fsp3) is 0.533. The van der Waals surface area contributed by atoms with Crippen LogP contribution in [0.15, 0.2) is 29.2 Å². The summed E-state index contributed by atoms with van der Waals surface area (Å²) in [6.45, 7) is 3.13. The fourth-order valence-electron chi connectivity index (χ4n) is 2.47. The van der Waals surface area contributed by atoms with Crippen molar-refractivity contribution < 1.29 is 17.9 Å². The van der Waals surface area contributed by atoms with Crippen molar-refractivity contribution in [1.29, 1.82) is 0 Å². The number of hydrogen-bond acceptors (Lipinski definition) is 4. The van der Waals surface area contributed by atoms with Gasteiger partial charge in [0.1, 0.15) is 0 Å². The monoisotopic (exact) mass is 341 g/mol. The third kappa shape index (κ3) is 4.66. The molecule has 0 saturated carbocycles. The number of amides is 2. The number of nitrogens with one attached hydrogen (secondary N) is 1. The highest BCUT2D eigenvalue weighted by molar-refractivity contribution is 7.89. The first-order chi connectivity index (χ1) is 10.8. The highest BCUT2D eigenvalue weighted by Gasteiger charge is 2.21. The van der Waals surface area contributed by atoms with Gasteiger partial charge < -0.3 is 15.0 Å². The quantitative estimate of drug-likeness (QED) is 0.840. The largest absolute Gasteiger partial charge is 0.376 e. The van der Waals surface area contributed by atoms with Crippen LogP contribution in [0.4, 0.5) is 4.79 Å². The topological polar surface area (TPSA) is 102 Å². The first-order valence-electron chi connectivity index (χ1n) is 7.54. The second kappa shape index (κ2) is 7.29. The Labute approximate surface area is 136 Å². The van der Waals surface area contributed by atoms with Gasteiger partial charge in [-0.15, -0.1) is 0 Å². The van der Waals surface area contributed by atoms with Crippen LogP contribution < -0.4 is 10.5 Å². The van der Waals surface area contributed by atoms with Crippen molar-refractivity contribution in [2.24, 2.45) is 5.14 Å². The Kier molecular flexibility index (Phi) is 5.61. The van der Waals surface area contributed by atoms with Crippen molar-refractivity contribution >= 4 is 16.1 Å². The molecule has 0 unspecified atom stereocenters. The molecule has 1 aliphatic heterocycles. The molecule has 0 bridgehead atoms.